The monoisotopic (exact) mass is 323 g/mol. The Kier molecular flexibility index (Phi) is 4.21. The first-order chi connectivity index (χ1) is 11.0. The Morgan fingerprint density at radius 2 is 1.70 bits per heavy atom. The first-order valence-electron chi connectivity index (χ1n) is 7.32. The van der Waals surface area contributed by atoms with Crippen molar-refractivity contribution in [1.82, 2.24) is 10.2 Å². The zero-order chi connectivity index (χ0) is 16.4. The molecule has 1 heterocycles. The van der Waals surface area contributed by atoms with Crippen molar-refractivity contribution in [2.45, 2.75) is 20.8 Å². The summed E-state index contributed by atoms with van der Waals surface area (Å²) in [5.74, 6) is -0.163. The van der Waals surface area contributed by atoms with Crippen LogP contribution in [0.15, 0.2) is 42.5 Å². The van der Waals surface area contributed by atoms with Crippen molar-refractivity contribution in [1.29, 1.82) is 0 Å². The smallest absolute Gasteiger partial charge is 0.257 e. The largest absolute Gasteiger partial charge is 0.296 e. The molecule has 0 aliphatic carbocycles. The maximum absolute atomic E-state index is 12.4. The molecule has 23 heavy (non-hydrogen) atoms. The Labute approximate surface area is 139 Å². The number of carbonyl (C=O) groups excluding carboxylic acids is 1. The lowest BCUT2D eigenvalue weighted by Crippen LogP contribution is -2.12. The fourth-order valence-corrected chi connectivity index (χ4v) is 3.30. The van der Waals surface area contributed by atoms with Gasteiger partial charge in [0.2, 0.25) is 5.13 Å². The maximum atomic E-state index is 12.4. The number of aryl methyl sites for hydroxylation is 3. The molecule has 0 aliphatic heterocycles. The average molecular weight is 323 g/mol. The van der Waals surface area contributed by atoms with E-state index in [1.165, 1.54) is 11.3 Å². The van der Waals surface area contributed by atoms with Crippen LogP contribution in [0.25, 0.3) is 10.6 Å². The number of hydrogen-bond donors (Lipinski definition) is 1. The Morgan fingerprint density at radius 3 is 2.39 bits per heavy atom. The van der Waals surface area contributed by atoms with Crippen molar-refractivity contribution in [3.63, 3.8) is 0 Å². The van der Waals surface area contributed by atoms with Crippen molar-refractivity contribution in [2.75, 3.05) is 5.32 Å². The van der Waals surface area contributed by atoms with Crippen LogP contribution in [0.5, 0.6) is 0 Å². The lowest BCUT2D eigenvalue weighted by atomic mass is 10.1. The fraction of sp³-hybridized carbons (Fsp3) is 0.167. The van der Waals surface area contributed by atoms with Gasteiger partial charge < -0.3 is 0 Å². The number of carbonyl (C=O) groups is 1. The predicted octanol–water partition coefficient (Wildman–Crippen LogP) is 4.38. The number of nitrogens with zero attached hydrogens (tertiary/aromatic N) is 2. The summed E-state index contributed by atoms with van der Waals surface area (Å²) in [6.45, 7) is 5.99. The van der Waals surface area contributed by atoms with Crippen LogP contribution in [-0.2, 0) is 0 Å². The van der Waals surface area contributed by atoms with Crippen LogP contribution < -0.4 is 5.32 Å². The summed E-state index contributed by atoms with van der Waals surface area (Å²) >= 11 is 1.38. The van der Waals surface area contributed by atoms with Crippen LogP contribution in [0.4, 0.5) is 5.13 Å². The SMILES string of the molecule is Cc1cc(C)cc(C(=O)Nc2nnc(-c3ccccc3C)s2)c1. The van der Waals surface area contributed by atoms with Crippen LogP contribution >= 0.6 is 11.3 Å². The Bertz CT molecular complexity index is 850. The van der Waals surface area contributed by atoms with E-state index in [0.29, 0.717) is 10.7 Å². The van der Waals surface area contributed by atoms with E-state index in [1.54, 1.807) is 0 Å². The molecule has 0 fully saturated rings. The van der Waals surface area contributed by atoms with Gasteiger partial charge in [-0.1, -0.05) is 52.8 Å². The molecule has 0 radical (unpaired) electrons. The molecule has 2 aromatic carbocycles. The number of anilines is 1. The van der Waals surface area contributed by atoms with Crippen molar-refractivity contribution in [3.8, 4) is 10.6 Å². The number of hydrogen-bond acceptors (Lipinski definition) is 4. The van der Waals surface area contributed by atoms with Gasteiger partial charge >= 0.3 is 0 Å². The molecule has 1 N–H and O–H groups in total. The van der Waals surface area contributed by atoms with Gasteiger partial charge in [0, 0.05) is 11.1 Å². The molecule has 1 aromatic heterocycles. The van der Waals surface area contributed by atoms with Gasteiger partial charge in [-0.05, 0) is 38.5 Å². The van der Waals surface area contributed by atoms with E-state index in [1.807, 2.05) is 63.2 Å². The molecule has 0 bridgehead atoms. The van der Waals surface area contributed by atoms with Crippen LogP contribution in [0.3, 0.4) is 0 Å². The summed E-state index contributed by atoms with van der Waals surface area (Å²) < 4.78 is 0. The normalized spacial score (nSPS) is 10.6. The fourth-order valence-electron chi connectivity index (χ4n) is 2.47. The van der Waals surface area contributed by atoms with E-state index in [2.05, 4.69) is 15.5 Å². The van der Waals surface area contributed by atoms with Gasteiger partial charge in [0.25, 0.3) is 5.91 Å². The van der Waals surface area contributed by atoms with Gasteiger partial charge in [0.05, 0.1) is 0 Å². The lowest BCUT2D eigenvalue weighted by Gasteiger charge is -2.04. The second-order valence-electron chi connectivity index (χ2n) is 5.56. The molecule has 0 saturated heterocycles. The standard InChI is InChI=1S/C18H17N3OS/c1-11-8-12(2)10-14(9-11)16(22)19-18-21-20-17(23-18)15-7-5-4-6-13(15)3/h4-10H,1-3H3,(H,19,21,22). The Balaban J connectivity index is 1.82. The highest BCUT2D eigenvalue weighted by atomic mass is 32.1. The maximum Gasteiger partial charge on any atom is 0.257 e. The molecular formula is C18H17N3OS. The number of nitrogens with one attached hydrogen (secondary N) is 1. The Morgan fingerprint density at radius 1 is 1.00 bits per heavy atom. The molecule has 3 aromatic rings. The molecular weight excluding hydrogens is 306 g/mol. The number of aromatic nitrogens is 2. The quantitative estimate of drug-likeness (QED) is 0.778. The lowest BCUT2D eigenvalue weighted by molar-refractivity contribution is 0.102. The van der Waals surface area contributed by atoms with Gasteiger partial charge in [0.15, 0.2) is 0 Å². The van der Waals surface area contributed by atoms with Crippen molar-refractivity contribution < 1.29 is 4.79 Å². The summed E-state index contributed by atoms with van der Waals surface area (Å²) in [5.41, 5.74) is 4.93. The minimum Gasteiger partial charge on any atom is -0.296 e. The molecule has 1 amide bonds. The van der Waals surface area contributed by atoms with Gasteiger partial charge in [-0.25, -0.2) is 0 Å². The van der Waals surface area contributed by atoms with Crippen LogP contribution in [-0.4, -0.2) is 16.1 Å². The first-order valence-corrected chi connectivity index (χ1v) is 8.14. The van der Waals surface area contributed by atoms with E-state index in [9.17, 15) is 4.79 Å². The minimum absolute atomic E-state index is 0.163. The van der Waals surface area contributed by atoms with Gasteiger partial charge in [-0.3, -0.25) is 10.1 Å². The molecule has 116 valence electrons. The second kappa shape index (κ2) is 6.30. The summed E-state index contributed by atoms with van der Waals surface area (Å²) in [4.78, 5) is 12.4. The van der Waals surface area contributed by atoms with Gasteiger partial charge in [0.1, 0.15) is 5.01 Å². The van der Waals surface area contributed by atoms with Gasteiger partial charge in [-0.2, -0.15) is 0 Å². The van der Waals surface area contributed by atoms with E-state index in [4.69, 9.17) is 0 Å². The molecule has 4 nitrogen and oxygen atoms in total. The average Bonchev–Trinajstić information content (AvgIpc) is 2.95. The summed E-state index contributed by atoms with van der Waals surface area (Å²) in [6.07, 6.45) is 0. The molecule has 0 spiro atoms. The van der Waals surface area contributed by atoms with E-state index in [0.717, 1.165) is 27.3 Å². The zero-order valence-corrected chi connectivity index (χ0v) is 14.1. The highest BCUT2D eigenvalue weighted by molar-refractivity contribution is 7.18. The topological polar surface area (TPSA) is 54.9 Å². The van der Waals surface area contributed by atoms with Crippen molar-refractivity contribution in [2.24, 2.45) is 0 Å². The van der Waals surface area contributed by atoms with E-state index >= 15 is 0 Å². The van der Waals surface area contributed by atoms with E-state index in [-0.39, 0.29) is 5.91 Å². The minimum atomic E-state index is -0.163. The van der Waals surface area contributed by atoms with Gasteiger partial charge in [-0.15, -0.1) is 10.2 Å². The molecule has 0 atom stereocenters. The molecule has 0 aliphatic rings. The highest BCUT2D eigenvalue weighted by Crippen LogP contribution is 2.28. The third-order valence-electron chi connectivity index (χ3n) is 3.50. The zero-order valence-electron chi connectivity index (χ0n) is 13.3. The number of amides is 1. The first kappa shape index (κ1) is 15.4. The molecule has 3 rings (SSSR count). The van der Waals surface area contributed by atoms with Crippen LogP contribution in [0.1, 0.15) is 27.0 Å². The third kappa shape index (κ3) is 3.46. The highest BCUT2D eigenvalue weighted by Gasteiger charge is 2.12. The second-order valence-corrected chi connectivity index (χ2v) is 6.54. The molecule has 0 saturated carbocycles. The van der Waals surface area contributed by atoms with Crippen molar-refractivity contribution >= 4 is 22.4 Å². The molecule has 5 heteroatoms. The van der Waals surface area contributed by atoms with Crippen molar-refractivity contribution in [3.05, 3.63) is 64.7 Å². The van der Waals surface area contributed by atoms with E-state index < -0.39 is 0 Å². The summed E-state index contributed by atoms with van der Waals surface area (Å²) in [7, 11) is 0. The predicted molar refractivity (Wildman–Crippen MR) is 94.0 cm³/mol. The number of benzene rings is 2. The van der Waals surface area contributed by atoms with Crippen LogP contribution in [0.2, 0.25) is 0 Å². The number of rotatable bonds is 3. The summed E-state index contributed by atoms with van der Waals surface area (Å²) in [5, 5.41) is 12.4. The van der Waals surface area contributed by atoms with Crippen LogP contribution in [0, 0.1) is 20.8 Å². The molecule has 0 unspecified atom stereocenters. The summed E-state index contributed by atoms with van der Waals surface area (Å²) in [6, 6.07) is 13.8. The third-order valence-corrected chi connectivity index (χ3v) is 4.38. The Hall–Kier alpha value is -2.53.